The van der Waals surface area contributed by atoms with E-state index in [1.165, 1.54) is 43.0 Å². The minimum absolute atomic E-state index is 0.0245. The summed E-state index contributed by atoms with van der Waals surface area (Å²) in [6.07, 6.45) is 4.73. The zero-order valence-corrected chi connectivity index (χ0v) is 22.7. The van der Waals surface area contributed by atoms with Crippen LogP contribution in [-0.2, 0) is 10.0 Å². The van der Waals surface area contributed by atoms with E-state index in [4.69, 9.17) is 16.3 Å². The van der Waals surface area contributed by atoms with Crippen LogP contribution in [0.3, 0.4) is 0 Å². The second-order valence-electron chi connectivity index (χ2n) is 8.71. The number of hydrogen-bond acceptors (Lipinski definition) is 8. The molecule has 1 fully saturated rings. The van der Waals surface area contributed by atoms with E-state index in [1.807, 2.05) is 0 Å². The summed E-state index contributed by atoms with van der Waals surface area (Å²) in [7, 11) is -2.60. The lowest BCUT2D eigenvalue weighted by Gasteiger charge is -2.08. The summed E-state index contributed by atoms with van der Waals surface area (Å²) in [4.78, 5) is 13.9. The van der Waals surface area contributed by atoms with E-state index in [0.717, 1.165) is 17.7 Å². The van der Waals surface area contributed by atoms with Crippen LogP contribution in [0.5, 0.6) is 11.5 Å². The average Bonchev–Trinajstić information content (AvgIpc) is 3.65. The van der Waals surface area contributed by atoms with Crippen LogP contribution < -0.4 is 9.46 Å². The molecule has 2 N–H and O–H groups in total. The first-order chi connectivity index (χ1) is 18.2. The molecule has 8 nitrogen and oxygen atoms in total. The highest BCUT2D eigenvalue weighted by atomic mass is 35.5. The SMILES string of the molecule is COc1cccc(C=Nc2cnc(S(=O)(=O)Nc3nc(-c4ccc(F)c(Cl)c4)c(C4CC4)s3)c(C)c2)c1O. The maximum absolute atomic E-state index is 13.7. The minimum Gasteiger partial charge on any atom is -0.504 e. The third-order valence-electron chi connectivity index (χ3n) is 5.89. The molecule has 2 aromatic heterocycles. The number of rotatable bonds is 8. The number of phenols is 1. The van der Waals surface area contributed by atoms with Crippen LogP contribution in [0, 0.1) is 12.7 Å². The molecule has 5 rings (SSSR count). The topological polar surface area (TPSA) is 114 Å². The van der Waals surface area contributed by atoms with Gasteiger partial charge in [-0.1, -0.05) is 17.7 Å². The van der Waals surface area contributed by atoms with Crippen molar-refractivity contribution >= 4 is 50.0 Å². The number of halogens is 2. The van der Waals surface area contributed by atoms with E-state index in [-0.39, 0.29) is 26.8 Å². The summed E-state index contributed by atoms with van der Waals surface area (Å²) in [6, 6.07) is 10.9. The Morgan fingerprint density at radius 2 is 2.05 bits per heavy atom. The molecular formula is C26H22ClFN4O4S2. The number of nitrogens with zero attached hydrogens (tertiary/aromatic N) is 3. The first kappa shape index (κ1) is 26.1. The Bertz CT molecular complexity index is 1670. The highest BCUT2D eigenvalue weighted by Crippen LogP contribution is 2.48. The number of nitrogens with one attached hydrogen (secondary N) is 1. The Morgan fingerprint density at radius 1 is 1.26 bits per heavy atom. The van der Waals surface area contributed by atoms with Gasteiger partial charge in [0, 0.05) is 22.2 Å². The number of sulfonamides is 1. The molecule has 0 unspecified atom stereocenters. The number of para-hydroxylation sites is 1. The summed E-state index contributed by atoms with van der Waals surface area (Å²) >= 11 is 7.22. The van der Waals surface area contributed by atoms with Crippen LogP contribution in [0.4, 0.5) is 15.2 Å². The van der Waals surface area contributed by atoms with E-state index in [2.05, 4.69) is 19.7 Å². The monoisotopic (exact) mass is 572 g/mol. The Hall–Kier alpha value is -3.54. The molecule has 1 saturated carbocycles. The number of pyridine rings is 1. The van der Waals surface area contributed by atoms with Gasteiger partial charge in [0.25, 0.3) is 10.0 Å². The molecule has 38 heavy (non-hydrogen) atoms. The molecule has 1 aliphatic rings. The quantitative estimate of drug-likeness (QED) is 0.235. The highest BCUT2D eigenvalue weighted by Gasteiger charge is 2.31. The fourth-order valence-corrected chi connectivity index (χ4v) is 6.59. The van der Waals surface area contributed by atoms with Crippen molar-refractivity contribution < 1.29 is 22.7 Å². The van der Waals surface area contributed by atoms with E-state index < -0.39 is 15.8 Å². The lowest BCUT2D eigenvalue weighted by molar-refractivity contribution is 0.373. The molecule has 4 aromatic rings. The fraction of sp³-hybridized carbons (Fsp3) is 0.192. The average molecular weight is 573 g/mol. The van der Waals surface area contributed by atoms with E-state index in [9.17, 15) is 17.9 Å². The van der Waals surface area contributed by atoms with Gasteiger partial charge in [0.15, 0.2) is 21.7 Å². The Morgan fingerprint density at radius 3 is 2.74 bits per heavy atom. The summed E-state index contributed by atoms with van der Waals surface area (Å²) in [5, 5.41) is 10.2. The van der Waals surface area contributed by atoms with Crippen molar-refractivity contribution in [3.8, 4) is 22.8 Å². The molecule has 0 saturated heterocycles. The number of aromatic nitrogens is 2. The fourth-order valence-electron chi connectivity index (χ4n) is 3.86. The van der Waals surface area contributed by atoms with Gasteiger partial charge in [-0.05, 0) is 67.6 Å². The van der Waals surface area contributed by atoms with Crippen molar-refractivity contribution in [3.05, 3.63) is 75.5 Å². The second-order valence-corrected chi connectivity index (χ2v) is 11.7. The lowest BCUT2D eigenvalue weighted by Crippen LogP contribution is -2.15. The smallest absolute Gasteiger partial charge is 0.281 e. The Kier molecular flexibility index (Phi) is 7.08. The standard InChI is InChI=1S/C26H22ClFN4O4S2/c1-14-10-18(29-12-17-4-3-5-21(36-2)23(17)33)13-30-25(14)38(34,35)32-26-31-22(24(37-26)15-6-7-15)16-8-9-20(28)19(27)11-16/h3-5,8-13,15,33H,6-7H2,1-2H3,(H,31,32). The van der Waals surface area contributed by atoms with Crippen LogP contribution in [0.1, 0.15) is 34.8 Å². The molecule has 12 heteroatoms. The third kappa shape index (κ3) is 5.35. The molecule has 0 atom stereocenters. The van der Waals surface area contributed by atoms with E-state index in [1.54, 1.807) is 37.3 Å². The normalized spacial score (nSPS) is 13.7. The molecule has 196 valence electrons. The number of phenolic OH excluding ortho intramolecular Hbond substituents is 1. The number of ether oxygens (including phenoxy) is 1. The molecule has 0 radical (unpaired) electrons. The molecule has 2 aromatic carbocycles. The Labute approximate surface area is 227 Å². The lowest BCUT2D eigenvalue weighted by atomic mass is 10.1. The number of thiazole rings is 1. The Balaban J connectivity index is 1.40. The number of aliphatic imine (C=N–C) groups is 1. The number of aryl methyl sites for hydroxylation is 1. The van der Waals surface area contributed by atoms with Crippen molar-refractivity contribution in [3.63, 3.8) is 0 Å². The maximum atomic E-state index is 13.7. The summed E-state index contributed by atoms with van der Waals surface area (Å²) in [6.45, 7) is 1.62. The molecule has 0 aliphatic heterocycles. The maximum Gasteiger partial charge on any atom is 0.281 e. The van der Waals surface area contributed by atoms with E-state index >= 15 is 0 Å². The first-order valence-corrected chi connectivity index (χ1v) is 14.2. The predicted molar refractivity (Wildman–Crippen MR) is 146 cm³/mol. The number of aromatic hydroxyl groups is 1. The zero-order chi connectivity index (χ0) is 27.0. The van der Waals surface area contributed by atoms with Crippen molar-refractivity contribution in [2.24, 2.45) is 4.99 Å². The van der Waals surface area contributed by atoms with Gasteiger partial charge in [-0.3, -0.25) is 9.71 Å². The van der Waals surface area contributed by atoms with Crippen molar-refractivity contribution in [2.45, 2.75) is 30.7 Å². The van der Waals surface area contributed by atoms with Gasteiger partial charge in [0.1, 0.15) is 5.82 Å². The number of anilines is 1. The van der Waals surface area contributed by atoms with Crippen LogP contribution in [0.15, 0.2) is 58.7 Å². The van der Waals surface area contributed by atoms with Crippen molar-refractivity contribution in [1.29, 1.82) is 0 Å². The molecular weight excluding hydrogens is 551 g/mol. The van der Waals surface area contributed by atoms with Gasteiger partial charge in [-0.25, -0.2) is 14.4 Å². The van der Waals surface area contributed by atoms with Gasteiger partial charge in [-0.15, -0.1) is 11.3 Å². The predicted octanol–water partition coefficient (Wildman–Crippen LogP) is 6.45. The highest BCUT2D eigenvalue weighted by molar-refractivity contribution is 7.92. The molecule has 1 aliphatic carbocycles. The zero-order valence-electron chi connectivity index (χ0n) is 20.3. The largest absolute Gasteiger partial charge is 0.504 e. The molecule has 2 heterocycles. The third-order valence-corrected chi connectivity index (χ3v) is 8.84. The summed E-state index contributed by atoms with van der Waals surface area (Å²) in [5.74, 6) is 0.0105. The molecule has 0 spiro atoms. The van der Waals surface area contributed by atoms with Gasteiger partial charge in [0.2, 0.25) is 0 Å². The first-order valence-electron chi connectivity index (χ1n) is 11.5. The number of benzene rings is 2. The second kappa shape index (κ2) is 10.3. The van der Waals surface area contributed by atoms with Crippen LogP contribution >= 0.6 is 22.9 Å². The van der Waals surface area contributed by atoms with Crippen molar-refractivity contribution in [1.82, 2.24) is 9.97 Å². The summed E-state index contributed by atoms with van der Waals surface area (Å²) < 4.78 is 47.7. The molecule has 0 amide bonds. The minimum atomic E-state index is -4.06. The number of methoxy groups -OCH3 is 1. The van der Waals surface area contributed by atoms with E-state index in [0.29, 0.717) is 33.8 Å². The van der Waals surface area contributed by atoms with Gasteiger partial charge in [-0.2, -0.15) is 8.42 Å². The molecule has 0 bridgehead atoms. The van der Waals surface area contributed by atoms with Gasteiger partial charge >= 0.3 is 0 Å². The summed E-state index contributed by atoms with van der Waals surface area (Å²) in [5.41, 5.74) is 2.44. The van der Waals surface area contributed by atoms with Crippen molar-refractivity contribution in [2.75, 3.05) is 11.8 Å². The van der Waals surface area contributed by atoms with Crippen LogP contribution in [0.2, 0.25) is 5.02 Å². The van der Waals surface area contributed by atoms with Crippen LogP contribution in [0.25, 0.3) is 11.3 Å². The van der Waals surface area contributed by atoms with Gasteiger partial charge < -0.3 is 9.84 Å². The van der Waals surface area contributed by atoms with Crippen LogP contribution in [-0.4, -0.2) is 36.8 Å². The number of hydrogen-bond donors (Lipinski definition) is 2. The van der Waals surface area contributed by atoms with Gasteiger partial charge in [0.05, 0.1) is 29.7 Å².